The second-order valence-corrected chi connectivity index (χ2v) is 5.64. The first-order valence-electron chi connectivity index (χ1n) is 7.72. The molecule has 1 heterocycles. The number of benzene rings is 2. The summed E-state index contributed by atoms with van der Waals surface area (Å²) in [7, 11) is 0. The number of hydrogen-bond donors (Lipinski definition) is 2. The Morgan fingerprint density at radius 3 is 2.68 bits per heavy atom. The van der Waals surface area contributed by atoms with Gasteiger partial charge < -0.3 is 16.0 Å². The highest BCUT2D eigenvalue weighted by atomic mass is 15.1. The number of aryl methyl sites for hydroxylation is 2. The maximum absolute atomic E-state index is 6.07. The molecule has 0 saturated carbocycles. The molecule has 0 aliphatic rings. The average molecular weight is 294 g/mol. The van der Waals surface area contributed by atoms with Gasteiger partial charge in [-0.2, -0.15) is 0 Å². The van der Waals surface area contributed by atoms with Gasteiger partial charge in [0.1, 0.15) is 5.82 Å². The van der Waals surface area contributed by atoms with E-state index in [-0.39, 0.29) is 0 Å². The molecule has 0 spiro atoms. The van der Waals surface area contributed by atoms with E-state index in [0.717, 1.165) is 59.6 Å². The van der Waals surface area contributed by atoms with Crippen LogP contribution in [0.1, 0.15) is 18.4 Å². The molecule has 0 aliphatic carbocycles. The number of nitrogens with two attached hydrogens (primary N) is 2. The standard InChI is InChI=1S/C18H22N4/c1-13-8-9-14(12-15(13)20)18-21-16-6-2-3-7-17(16)22(18)11-5-4-10-19/h2-3,6-9,12H,4-5,10-11,19-20H2,1H3. The maximum atomic E-state index is 6.07. The maximum Gasteiger partial charge on any atom is 0.141 e. The third kappa shape index (κ3) is 2.70. The molecule has 0 atom stereocenters. The van der Waals surface area contributed by atoms with E-state index in [1.807, 2.05) is 25.1 Å². The van der Waals surface area contributed by atoms with Crippen LogP contribution in [0.25, 0.3) is 22.4 Å². The van der Waals surface area contributed by atoms with Gasteiger partial charge >= 0.3 is 0 Å². The van der Waals surface area contributed by atoms with E-state index in [4.69, 9.17) is 16.5 Å². The summed E-state index contributed by atoms with van der Waals surface area (Å²) >= 11 is 0. The van der Waals surface area contributed by atoms with Crippen molar-refractivity contribution in [1.82, 2.24) is 9.55 Å². The first-order chi connectivity index (χ1) is 10.7. The van der Waals surface area contributed by atoms with Crippen molar-refractivity contribution in [3.05, 3.63) is 48.0 Å². The lowest BCUT2D eigenvalue weighted by molar-refractivity contribution is 0.631. The molecule has 0 unspecified atom stereocenters. The minimum atomic E-state index is 0.722. The number of nitrogen functional groups attached to an aromatic ring is 1. The third-order valence-electron chi connectivity index (χ3n) is 4.03. The summed E-state index contributed by atoms with van der Waals surface area (Å²) in [5.41, 5.74) is 16.8. The van der Waals surface area contributed by atoms with Gasteiger partial charge in [-0.1, -0.05) is 24.3 Å². The van der Waals surface area contributed by atoms with Crippen molar-refractivity contribution in [1.29, 1.82) is 0 Å². The van der Waals surface area contributed by atoms with Crippen molar-refractivity contribution in [2.75, 3.05) is 12.3 Å². The number of hydrogen-bond acceptors (Lipinski definition) is 3. The van der Waals surface area contributed by atoms with Crippen LogP contribution < -0.4 is 11.5 Å². The zero-order chi connectivity index (χ0) is 15.5. The molecule has 22 heavy (non-hydrogen) atoms. The zero-order valence-electron chi connectivity index (χ0n) is 12.9. The predicted octanol–water partition coefficient (Wildman–Crippen LogP) is 3.33. The van der Waals surface area contributed by atoms with Crippen LogP contribution in [0.2, 0.25) is 0 Å². The van der Waals surface area contributed by atoms with Gasteiger partial charge in [-0.15, -0.1) is 0 Å². The molecule has 0 saturated heterocycles. The second-order valence-electron chi connectivity index (χ2n) is 5.64. The normalized spacial score (nSPS) is 11.2. The van der Waals surface area contributed by atoms with E-state index >= 15 is 0 Å². The molecule has 3 aromatic rings. The highest BCUT2D eigenvalue weighted by Gasteiger charge is 2.12. The van der Waals surface area contributed by atoms with E-state index < -0.39 is 0 Å². The third-order valence-corrected chi connectivity index (χ3v) is 4.03. The first-order valence-corrected chi connectivity index (χ1v) is 7.72. The molecule has 2 aromatic carbocycles. The molecule has 3 rings (SSSR count). The summed E-state index contributed by atoms with van der Waals surface area (Å²) in [5.74, 6) is 0.977. The number of anilines is 1. The Bertz CT molecular complexity index is 789. The van der Waals surface area contributed by atoms with Crippen LogP contribution in [0.5, 0.6) is 0 Å². The fourth-order valence-corrected chi connectivity index (χ4v) is 2.72. The Labute approximate surface area is 130 Å². The van der Waals surface area contributed by atoms with Gasteiger partial charge in [0.05, 0.1) is 11.0 Å². The van der Waals surface area contributed by atoms with Crippen molar-refractivity contribution in [2.45, 2.75) is 26.3 Å². The van der Waals surface area contributed by atoms with Gasteiger partial charge in [0.15, 0.2) is 0 Å². The summed E-state index contributed by atoms with van der Waals surface area (Å²) in [6.45, 7) is 3.66. The number of para-hydroxylation sites is 2. The first kappa shape index (κ1) is 14.6. The smallest absolute Gasteiger partial charge is 0.141 e. The number of rotatable bonds is 5. The zero-order valence-corrected chi connectivity index (χ0v) is 12.9. The molecular formula is C18H22N4. The second kappa shape index (κ2) is 6.20. The van der Waals surface area contributed by atoms with E-state index in [0.29, 0.717) is 0 Å². The number of unbranched alkanes of at least 4 members (excludes halogenated alkanes) is 1. The van der Waals surface area contributed by atoms with Crippen molar-refractivity contribution < 1.29 is 0 Å². The predicted molar refractivity (Wildman–Crippen MR) is 92.6 cm³/mol. The average Bonchev–Trinajstić information content (AvgIpc) is 2.89. The molecule has 0 bridgehead atoms. The monoisotopic (exact) mass is 294 g/mol. The van der Waals surface area contributed by atoms with Crippen molar-refractivity contribution in [2.24, 2.45) is 5.73 Å². The number of aromatic nitrogens is 2. The van der Waals surface area contributed by atoms with E-state index in [1.165, 1.54) is 0 Å². The highest BCUT2D eigenvalue weighted by Crippen LogP contribution is 2.27. The van der Waals surface area contributed by atoms with Crippen LogP contribution in [-0.4, -0.2) is 16.1 Å². The van der Waals surface area contributed by atoms with Crippen LogP contribution in [0, 0.1) is 6.92 Å². The van der Waals surface area contributed by atoms with Gasteiger partial charge in [0, 0.05) is 17.8 Å². The van der Waals surface area contributed by atoms with Gasteiger partial charge in [-0.05, 0) is 50.1 Å². The van der Waals surface area contributed by atoms with Crippen LogP contribution in [-0.2, 0) is 6.54 Å². The van der Waals surface area contributed by atoms with Crippen LogP contribution in [0.15, 0.2) is 42.5 Å². The molecule has 1 aromatic heterocycles. The van der Waals surface area contributed by atoms with Gasteiger partial charge in [-0.25, -0.2) is 4.98 Å². The van der Waals surface area contributed by atoms with Gasteiger partial charge in [0.2, 0.25) is 0 Å². The Morgan fingerprint density at radius 2 is 1.91 bits per heavy atom. The highest BCUT2D eigenvalue weighted by molar-refractivity contribution is 5.81. The summed E-state index contributed by atoms with van der Waals surface area (Å²) in [6, 6.07) is 14.4. The van der Waals surface area contributed by atoms with Gasteiger partial charge in [0.25, 0.3) is 0 Å². The molecule has 0 amide bonds. The number of fused-ring (bicyclic) bond motifs is 1. The lowest BCUT2D eigenvalue weighted by Gasteiger charge is -2.10. The van der Waals surface area contributed by atoms with Crippen LogP contribution >= 0.6 is 0 Å². The van der Waals surface area contributed by atoms with Crippen molar-refractivity contribution in [3.63, 3.8) is 0 Å². The SMILES string of the molecule is Cc1ccc(-c2nc3ccccc3n2CCCCN)cc1N. The van der Waals surface area contributed by atoms with Crippen molar-refractivity contribution >= 4 is 16.7 Å². The Balaban J connectivity index is 2.10. The summed E-state index contributed by atoms with van der Waals surface area (Å²) in [6.07, 6.45) is 2.06. The Hall–Kier alpha value is -2.33. The minimum absolute atomic E-state index is 0.722. The largest absolute Gasteiger partial charge is 0.398 e. The van der Waals surface area contributed by atoms with Crippen LogP contribution in [0.4, 0.5) is 5.69 Å². The quantitative estimate of drug-likeness (QED) is 0.560. The lowest BCUT2D eigenvalue weighted by Crippen LogP contribution is -2.05. The fraction of sp³-hybridized carbons (Fsp3) is 0.278. The topological polar surface area (TPSA) is 69.9 Å². The van der Waals surface area contributed by atoms with Gasteiger partial charge in [-0.3, -0.25) is 0 Å². The molecule has 114 valence electrons. The number of nitrogens with zero attached hydrogens (tertiary/aromatic N) is 2. The lowest BCUT2D eigenvalue weighted by atomic mass is 10.1. The molecule has 4 heteroatoms. The van der Waals surface area contributed by atoms with E-state index in [9.17, 15) is 0 Å². The summed E-state index contributed by atoms with van der Waals surface area (Å²) in [5, 5.41) is 0. The summed E-state index contributed by atoms with van der Waals surface area (Å²) in [4.78, 5) is 4.81. The minimum Gasteiger partial charge on any atom is -0.398 e. The molecular weight excluding hydrogens is 272 g/mol. The Kier molecular flexibility index (Phi) is 4.11. The summed E-state index contributed by atoms with van der Waals surface area (Å²) < 4.78 is 2.27. The van der Waals surface area contributed by atoms with E-state index in [1.54, 1.807) is 0 Å². The fourth-order valence-electron chi connectivity index (χ4n) is 2.72. The molecule has 4 nitrogen and oxygen atoms in total. The molecule has 0 fully saturated rings. The molecule has 0 radical (unpaired) electrons. The molecule has 4 N–H and O–H groups in total. The van der Waals surface area contributed by atoms with Crippen LogP contribution in [0.3, 0.4) is 0 Å². The van der Waals surface area contributed by atoms with Crippen molar-refractivity contribution in [3.8, 4) is 11.4 Å². The number of imidazole rings is 1. The van der Waals surface area contributed by atoms with E-state index in [2.05, 4.69) is 28.8 Å². The Morgan fingerprint density at radius 1 is 1.09 bits per heavy atom. The molecule has 0 aliphatic heterocycles.